The molecule has 3 rings (SSSR count). The lowest BCUT2D eigenvalue weighted by Gasteiger charge is -2.26. The molecule has 0 bridgehead atoms. The van der Waals surface area contributed by atoms with Crippen molar-refractivity contribution in [3.05, 3.63) is 46.5 Å². The van der Waals surface area contributed by atoms with Crippen LogP contribution in [-0.2, 0) is 20.7 Å². The number of rotatable bonds is 6. The van der Waals surface area contributed by atoms with E-state index in [0.29, 0.717) is 30.2 Å². The summed E-state index contributed by atoms with van der Waals surface area (Å²) in [6, 6.07) is 8.77. The molecule has 0 radical (unpaired) electrons. The lowest BCUT2D eigenvalue weighted by Crippen LogP contribution is -2.43. The van der Waals surface area contributed by atoms with Gasteiger partial charge in [0.25, 0.3) is 5.91 Å². The predicted octanol–water partition coefficient (Wildman–Crippen LogP) is 1.80. The first kappa shape index (κ1) is 19.3. The van der Waals surface area contributed by atoms with Crippen LogP contribution in [0.15, 0.2) is 30.3 Å². The first-order valence-corrected chi connectivity index (χ1v) is 9.63. The van der Waals surface area contributed by atoms with E-state index >= 15 is 0 Å². The van der Waals surface area contributed by atoms with Crippen LogP contribution in [0.1, 0.15) is 20.9 Å². The van der Waals surface area contributed by atoms with Crippen molar-refractivity contribution in [2.45, 2.75) is 19.4 Å². The number of hydrogen-bond acceptors (Lipinski definition) is 7. The minimum absolute atomic E-state index is 0.309. The summed E-state index contributed by atoms with van der Waals surface area (Å²) in [4.78, 5) is 32.1. The number of methoxy groups -OCH3 is 1. The number of amides is 1. The van der Waals surface area contributed by atoms with Crippen LogP contribution in [0.2, 0.25) is 0 Å². The van der Waals surface area contributed by atoms with Crippen LogP contribution < -0.4 is 10.2 Å². The second kappa shape index (κ2) is 8.96. The Labute approximate surface area is 162 Å². The molecular formula is C19H23N3O4S. The number of morpholine rings is 1. The van der Waals surface area contributed by atoms with Gasteiger partial charge in [0.15, 0.2) is 5.13 Å². The lowest BCUT2D eigenvalue weighted by atomic mass is 10.1. The Bertz CT molecular complexity index is 788. The molecule has 1 N–H and O–H groups in total. The number of esters is 1. The van der Waals surface area contributed by atoms with Crippen molar-refractivity contribution in [2.75, 3.05) is 38.3 Å². The molecule has 0 spiro atoms. The summed E-state index contributed by atoms with van der Waals surface area (Å²) in [5.74, 6) is -0.779. The maximum atomic E-state index is 12.8. The van der Waals surface area contributed by atoms with Crippen LogP contribution >= 0.6 is 11.3 Å². The Morgan fingerprint density at radius 3 is 2.67 bits per heavy atom. The van der Waals surface area contributed by atoms with E-state index in [1.54, 1.807) is 6.92 Å². The van der Waals surface area contributed by atoms with E-state index in [4.69, 9.17) is 9.47 Å². The monoisotopic (exact) mass is 389 g/mol. The van der Waals surface area contributed by atoms with Crippen LogP contribution in [0, 0.1) is 6.92 Å². The molecule has 1 atom stereocenters. The highest BCUT2D eigenvalue weighted by Gasteiger charge is 2.26. The van der Waals surface area contributed by atoms with Gasteiger partial charge in [0.05, 0.1) is 26.0 Å². The van der Waals surface area contributed by atoms with Crippen molar-refractivity contribution in [1.29, 1.82) is 0 Å². The molecule has 1 aliphatic heterocycles. The maximum absolute atomic E-state index is 12.8. The quantitative estimate of drug-likeness (QED) is 0.759. The predicted molar refractivity (Wildman–Crippen MR) is 103 cm³/mol. The van der Waals surface area contributed by atoms with E-state index in [9.17, 15) is 9.59 Å². The fraction of sp³-hybridized carbons (Fsp3) is 0.421. The number of anilines is 1. The second-order valence-corrected chi connectivity index (χ2v) is 7.23. The van der Waals surface area contributed by atoms with Crippen molar-refractivity contribution in [3.8, 4) is 0 Å². The van der Waals surface area contributed by atoms with Gasteiger partial charge in [0.2, 0.25) is 0 Å². The van der Waals surface area contributed by atoms with Gasteiger partial charge in [-0.05, 0) is 12.5 Å². The SMILES string of the molecule is COC(=O)[C@@H](Cc1ccccc1)NC(=O)c1sc(N2CCOCC2)nc1C. The van der Waals surface area contributed by atoms with E-state index in [1.807, 2.05) is 30.3 Å². The molecule has 144 valence electrons. The first-order chi connectivity index (χ1) is 13.1. The molecular weight excluding hydrogens is 366 g/mol. The molecule has 8 heteroatoms. The number of thiazole rings is 1. The Balaban J connectivity index is 1.73. The molecule has 27 heavy (non-hydrogen) atoms. The lowest BCUT2D eigenvalue weighted by molar-refractivity contribution is -0.142. The third-order valence-electron chi connectivity index (χ3n) is 4.35. The van der Waals surface area contributed by atoms with Gasteiger partial charge >= 0.3 is 5.97 Å². The Kier molecular flexibility index (Phi) is 6.41. The number of carbonyl (C=O) groups is 2. The van der Waals surface area contributed by atoms with Gasteiger partial charge in [-0.3, -0.25) is 4.79 Å². The minimum atomic E-state index is -0.752. The van der Waals surface area contributed by atoms with Gasteiger partial charge < -0.3 is 19.7 Å². The van der Waals surface area contributed by atoms with Crippen molar-refractivity contribution >= 4 is 28.3 Å². The number of aromatic nitrogens is 1. The summed E-state index contributed by atoms with van der Waals surface area (Å²) in [7, 11) is 1.32. The molecule has 1 aromatic heterocycles. The molecule has 1 amide bonds. The van der Waals surface area contributed by atoms with E-state index in [2.05, 4.69) is 15.2 Å². The zero-order valence-electron chi connectivity index (χ0n) is 15.4. The van der Waals surface area contributed by atoms with Crippen molar-refractivity contribution < 1.29 is 19.1 Å². The fourth-order valence-electron chi connectivity index (χ4n) is 2.89. The van der Waals surface area contributed by atoms with Gasteiger partial charge in [-0.2, -0.15) is 0 Å². The highest BCUT2D eigenvalue weighted by Crippen LogP contribution is 2.26. The zero-order valence-corrected chi connectivity index (χ0v) is 16.3. The van der Waals surface area contributed by atoms with E-state index < -0.39 is 12.0 Å². The van der Waals surface area contributed by atoms with Crippen LogP contribution in [0.4, 0.5) is 5.13 Å². The van der Waals surface area contributed by atoms with Gasteiger partial charge in [-0.15, -0.1) is 0 Å². The van der Waals surface area contributed by atoms with E-state index in [0.717, 1.165) is 23.8 Å². The number of hydrogen-bond donors (Lipinski definition) is 1. The number of ether oxygens (including phenoxy) is 2. The summed E-state index contributed by atoms with van der Waals surface area (Å²) in [6.45, 7) is 4.63. The maximum Gasteiger partial charge on any atom is 0.328 e. The van der Waals surface area contributed by atoms with Gasteiger partial charge in [-0.1, -0.05) is 41.7 Å². The summed E-state index contributed by atoms with van der Waals surface area (Å²) in [5, 5.41) is 3.61. The largest absolute Gasteiger partial charge is 0.467 e. The van der Waals surface area contributed by atoms with Gasteiger partial charge in [-0.25, -0.2) is 9.78 Å². The number of carbonyl (C=O) groups excluding carboxylic acids is 2. The topological polar surface area (TPSA) is 80.8 Å². The normalized spacial score (nSPS) is 15.3. The van der Waals surface area contributed by atoms with Crippen molar-refractivity contribution in [2.24, 2.45) is 0 Å². The van der Waals surface area contributed by atoms with Gasteiger partial charge in [0.1, 0.15) is 10.9 Å². The van der Waals surface area contributed by atoms with Gasteiger partial charge in [0, 0.05) is 19.5 Å². The third-order valence-corrected chi connectivity index (χ3v) is 5.56. The van der Waals surface area contributed by atoms with Crippen molar-refractivity contribution in [1.82, 2.24) is 10.3 Å². The van der Waals surface area contributed by atoms with E-state index in [1.165, 1.54) is 18.4 Å². The third kappa shape index (κ3) is 4.84. The van der Waals surface area contributed by atoms with Crippen molar-refractivity contribution in [3.63, 3.8) is 0 Å². The second-order valence-electron chi connectivity index (χ2n) is 6.25. The Hall–Kier alpha value is -2.45. The molecule has 7 nitrogen and oxygen atoms in total. The van der Waals surface area contributed by atoms with Crippen LogP contribution in [0.5, 0.6) is 0 Å². The average molecular weight is 389 g/mol. The fourth-order valence-corrected chi connectivity index (χ4v) is 3.91. The molecule has 2 heterocycles. The summed E-state index contributed by atoms with van der Waals surface area (Å²) in [6.07, 6.45) is 0.368. The summed E-state index contributed by atoms with van der Waals surface area (Å²) >= 11 is 1.34. The number of nitrogens with zero attached hydrogens (tertiary/aromatic N) is 2. The molecule has 2 aromatic rings. The number of nitrogens with one attached hydrogen (secondary N) is 1. The molecule has 0 aliphatic carbocycles. The highest BCUT2D eigenvalue weighted by atomic mass is 32.1. The summed E-state index contributed by atoms with van der Waals surface area (Å²) in [5.41, 5.74) is 1.60. The van der Waals surface area contributed by atoms with E-state index in [-0.39, 0.29) is 5.91 Å². The molecule has 0 unspecified atom stereocenters. The smallest absolute Gasteiger partial charge is 0.328 e. The summed E-state index contributed by atoms with van der Waals surface area (Å²) < 4.78 is 10.2. The molecule has 1 saturated heterocycles. The molecule has 0 saturated carbocycles. The number of aryl methyl sites for hydroxylation is 1. The average Bonchev–Trinajstić information content (AvgIpc) is 3.10. The van der Waals surface area contributed by atoms with Crippen LogP contribution in [0.3, 0.4) is 0 Å². The zero-order chi connectivity index (χ0) is 19.2. The standard InChI is InChI=1S/C19H23N3O4S/c1-13-16(27-19(20-13)22-8-10-26-11-9-22)17(23)21-15(18(24)25-2)12-14-6-4-3-5-7-14/h3-7,15H,8-12H2,1-2H3,(H,21,23)/t15-/m1/s1. The van der Waals surface area contributed by atoms with Crippen LogP contribution in [0.25, 0.3) is 0 Å². The Morgan fingerprint density at radius 1 is 1.30 bits per heavy atom. The highest BCUT2D eigenvalue weighted by molar-refractivity contribution is 7.17. The molecule has 1 aromatic carbocycles. The number of benzene rings is 1. The molecule has 1 aliphatic rings. The first-order valence-electron chi connectivity index (χ1n) is 8.81. The minimum Gasteiger partial charge on any atom is -0.467 e. The van der Waals surface area contributed by atoms with Crippen LogP contribution in [-0.4, -0.2) is 56.3 Å². The molecule has 1 fully saturated rings. The Morgan fingerprint density at radius 2 is 2.00 bits per heavy atom.